The summed E-state index contributed by atoms with van der Waals surface area (Å²) in [5.41, 5.74) is 5.32. The number of nitrogens with zero attached hydrogens (tertiary/aromatic N) is 4. The van der Waals surface area contributed by atoms with Crippen molar-refractivity contribution in [3.63, 3.8) is 0 Å². The van der Waals surface area contributed by atoms with E-state index in [9.17, 15) is 4.79 Å². The van der Waals surface area contributed by atoms with Crippen LogP contribution >= 0.6 is 11.6 Å². The van der Waals surface area contributed by atoms with E-state index >= 15 is 0 Å². The molecule has 0 bridgehead atoms. The van der Waals surface area contributed by atoms with Gasteiger partial charge in [-0.05, 0) is 42.0 Å². The van der Waals surface area contributed by atoms with Crippen LogP contribution in [0.3, 0.4) is 0 Å². The van der Waals surface area contributed by atoms with Crippen LogP contribution in [0.25, 0.3) is 11.3 Å². The SMILES string of the molecule is Cn1ccc(-c2ccc(C(=O)N3Cc4cccn4Cc4ccccc43)c(Cl)c2)n1. The van der Waals surface area contributed by atoms with Crippen molar-refractivity contribution in [2.24, 2.45) is 7.05 Å². The molecular weight excluding hydrogens is 384 g/mol. The summed E-state index contributed by atoms with van der Waals surface area (Å²) in [6.45, 7) is 1.25. The summed E-state index contributed by atoms with van der Waals surface area (Å²) in [6.07, 6.45) is 3.93. The fraction of sp³-hybridized carbons (Fsp3) is 0.130. The lowest BCUT2D eigenvalue weighted by Crippen LogP contribution is -2.30. The van der Waals surface area contributed by atoms with Crippen LogP contribution in [-0.2, 0) is 20.1 Å². The second-order valence-corrected chi connectivity index (χ2v) is 7.62. The summed E-state index contributed by atoms with van der Waals surface area (Å²) in [5.74, 6) is -0.107. The monoisotopic (exact) mass is 402 g/mol. The second-order valence-electron chi connectivity index (χ2n) is 7.22. The van der Waals surface area contributed by atoms with E-state index in [-0.39, 0.29) is 5.91 Å². The predicted octanol–water partition coefficient (Wildman–Crippen LogP) is 4.75. The first-order chi connectivity index (χ1) is 14.1. The van der Waals surface area contributed by atoms with Gasteiger partial charge in [-0.1, -0.05) is 35.9 Å². The zero-order valence-electron chi connectivity index (χ0n) is 15.9. The molecular formula is C23H19ClN4O. The Kier molecular flexibility index (Phi) is 4.25. The highest BCUT2D eigenvalue weighted by Crippen LogP contribution is 2.31. The molecule has 6 heteroatoms. The fourth-order valence-electron chi connectivity index (χ4n) is 3.83. The number of aromatic nitrogens is 3. The number of para-hydroxylation sites is 1. The summed E-state index contributed by atoms with van der Waals surface area (Å²) >= 11 is 6.56. The van der Waals surface area contributed by atoms with E-state index in [1.807, 2.05) is 60.6 Å². The van der Waals surface area contributed by atoms with E-state index in [0.717, 1.165) is 34.7 Å². The lowest BCUT2D eigenvalue weighted by molar-refractivity contribution is 0.0985. The summed E-state index contributed by atoms with van der Waals surface area (Å²) in [6, 6.07) is 19.5. The Bertz CT molecular complexity index is 1220. The van der Waals surface area contributed by atoms with E-state index in [2.05, 4.69) is 28.0 Å². The number of carbonyl (C=O) groups is 1. The molecule has 1 aliphatic rings. The van der Waals surface area contributed by atoms with Crippen LogP contribution in [0, 0.1) is 0 Å². The van der Waals surface area contributed by atoms with Crippen LogP contribution in [-0.4, -0.2) is 20.3 Å². The molecule has 0 radical (unpaired) electrons. The molecule has 3 heterocycles. The maximum atomic E-state index is 13.5. The highest BCUT2D eigenvalue weighted by molar-refractivity contribution is 6.34. The largest absolute Gasteiger partial charge is 0.345 e. The van der Waals surface area contributed by atoms with Crippen molar-refractivity contribution < 1.29 is 4.79 Å². The molecule has 0 N–H and O–H groups in total. The van der Waals surface area contributed by atoms with Gasteiger partial charge in [-0.3, -0.25) is 9.48 Å². The third kappa shape index (κ3) is 3.13. The quantitative estimate of drug-likeness (QED) is 0.485. The van der Waals surface area contributed by atoms with Crippen molar-refractivity contribution in [3.8, 4) is 11.3 Å². The number of rotatable bonds is 2. The first-order valence-electron chi connectivity index (χ1n) is 9.43. The number of aryl methyl sites for hydroxylation is 1. The molecule has 4 aromatic rings. The molecule has 0 fully saturated rings. The molecule has 2 aromatic heterocycles. The molecule has 0 spiro atoms. The number of amides is 1. The van der Waals surface area contributed by atoms with Crippen molar-refractivity contribution in [1.29, 1.82) is 0 Å². The Labute approximate surface area is 173 Å². The minimum absolute atomic E-state index is 0.107. The minimum atomic E-state index is -0.107. The molecule has 0 atom stereocenters. The van der Waals surface area contributed by atoms with Gasteiger partial charge in [0.05, 0.1) is 22.8 Å². The molecule has 1 amide bonds. The number of hydrogen-bond donors (Lipinski definition) is 0. The first-order valence-corrected chi connectivity index (χ1v) is 9.81. The smallest absolute Gasteiger partial charge is 0.260 e. The van der Waals surface area contributed by atoms with Crippen LogP contribution in [0.1, 0.15) is 21.6 Å². The second kappa shape index (κ2) is 6.94. The van der Waals surface area contributed by atoms with Crippen LogP contribution in [0.2, 0.25) is 5.02 Å². The van der Waals surface area contributed by atoms with Crippen LogP contribution < -0.4 is 4.90 Å². The summed E-state index contributed by atoms with van der Waals surface area (Å²) in [7, 11) is 1.87. The van der Waals surface area contributed by atoms with Gasteiger partial charge in [-0.25, -0.2) is 0 Å². The van der Waals surface area contributed by atoms with Gasteiger partial charge in [0.1, 0.15) is 0 Å². The number of hydrogen-bond acceptors (Lipinski definition) is 2. The molecule has 5 nitrogen and oxygen atoms in total. The van der Waals surface area contributed by atoms with E-state index in [1.165, 1.54) is 0 Å². The number of carbonyl (C=O) groups excluding carboxylic acids is 1. The maximum absolute atomic E-state index is 13.5. The van der Waals surface area contributed by atoms with Crippen molar-refractivity contribution in [2.75, 3.05) is 4.90 Å². The summed E-state index contributed by atoms with van der Waals surface area (Å²) in [5, 5.41) is 4.83. The molecule has 0 saturated carbocycles. The summed E-state index contributed by atoms with van der Waals surface area (Å²) < 4.78 is 3.92. The normalized spacial score (nSPS) is 13.0. The molecule has 2 aromatic carbocycles. The number of anilines is 1. The van der Waals surface area contributed by atoms with Gasteiger partial charge in [-0.15, -0.1) is 0 Å². The Hall–Kier alpha value is -3.31. The third-order valence-corrected chi connectivity index (χ3v) is 5.63. The summed E-state index contributed by atoms with van der Waals surface area (Å²) in [4.78, 5) is 15.3. The number of benzene rings is 2. The van der Waals surface area contributed by atoms with E-state index in [1.54, 1.807) is 10.7 Å². The van der Waals surface area contributed by atoms with Gasteiger partial charge in [0.2, 0.25) is 0 Å². The van der Waals surface area contributed by atoms with Gasteiger partial charge in [0.25, 0.3) is 5.91 Å². The lowest BCUT2D eigenvalue weighted by atomic mass is 10.1. The third-order valence-electron chi connectivity index (χ3n) is 5.32. The Morgan fingerprint density at radius 1 is 1.00 bits per heavy atom. The van der Waals surface area contributed by atoms with Crippen LogP contribution in [0.15, 0.2) is 73.1 Å². The number of fused-ring (bicyclic) bond motifs is 2. The number of halogens is 1. The molecule has 144 valence electrons. The van der Waals surface area contributed by atoms with Crippen molar-refractivity contribution in [1.82, 2.24) is 14.3 Å². The zero-order valence-corrected chi connectivity index (χ0v) is 16.7. The molecule has 0 saturated heterocycles. The van der Waals surface area contributed by atoms with Crippen molar-refractivity contribution in [3.05, 3.63) is 94.9 Å². The van der Waals surface area contributed by atoms with Gasteiger partial charge >= 0.3 is 0 Å². The van der Waals surface area contributed by atoms with Gasteiger partial charge in [0, 0.05) is 42.9 Å². The maximum Gasteiger partial charge on any atom is 0.260 e. The van der Waals surface area contributed by atoms with E-state index in [4.69, 9.17) is 11.6 Å². The average Bonchev–Trinajstić information content (AvgIpc) is 3.32. The Balaban J connectivity index is 1.55. The van der Waals surface area contributed by atoms with Crippen molar-refractivity contribution >= 4 is 23.2 Å². The molecule has 0 unspecified atom stereocenters. The van der Waals surface area contributed by atoms with Crippen LogP contribution in [0.5, 0.6) is 0 Å². The lowest BCUT2D eigenvalue weighted by Gasteiger charge is -2.23. The Morgan fingerprint density at radius 3 is 2.66 bits per heavy atom. The highest BCUT2D eigenvalue weighted by atomic mass is 35.5. The topological polar surface area (TPSA) is 43.1 Å². The zero-order chi connectivity index (χ0) is 20.0. The predicted molar refractivity (Wildman–Crippen MR) is 114 cm³/mol. The molecule has 0 aliphatic carbocycles. The van der Waals surface area contributed by atoms with E-state index < -0.39 is 0 Å². The highest BCUT2D eigenvalue weighted by Gasteiger charge is 2.26. The first kappa shape index (κ1) is 17.8. The standard InChI is InChI=1S/C23H19ClN4O/c1-26-12-10-21(25-26)16-8-9-19(20(24)13-16)23(29)28-15-18-6-4-11-27(18)14-17-5-2-3-7-22(17)28/h2-13H,14-15H2,1H3. The molecule has 29 heavy (non-hydrogen) atoms. The van der Waals surface area contributed by atoms with Gasteiger partial charge in [-0.2, -0.15) is 5.10 Å². The molecule has 1 aliphatic heterocycles. The minimum Gasteiger partial charge on any atom is -0.345 e. The van der Waals surface area contributed by atoms with E-state index in [0.29, 0.717) is 17.1 Å². The van der Waals surface area contributed by atoms with Gasteiger partial charge < -0.3 is 9.47 Å². The molecule has 5 rings (SSSR count). The Morgan fingerprint density at radius 2 is 1.86 bits per heavy atom. The van der Waals surface area contributed by atoms with Gasteiger partial charge in [0.15, 0.2) is 0 Å². The average molecular weight is 403 g/mol. The van der Waals surface area contributed by atoms with Crippen molar-refractivity contribution in [2.45, 2.75) is 13.1 Å². The van der Waals surface area contributed by atoms with Crippen LogP contribution in [0.4, 0.5) is 5.69 Å². The fourth-order valence-corrected chi connectivity index (χ4v) is 4.09.